The molecule has 0 bridgehead atoms. The number of H-pyrrole nitrogens is 1. The van der Waals surface area contributed by atoms with Crippen molar-refractivity contribution in [1.29, 1.82) is 0 Å². The maximum atomic E-state index is 12.4. The third-order valence-electron chi connectivity index (χ3n) is 5.03. The molecule has 2 aromatic rings. The van der Waals surface area contributed by atoms with E-state index in [1.165, 1.54) is 5.56 Å². The van der Waals surface area contributed by atoms with Crippen LogP contribution in [0.3, 0.4) is 0 Å². The molecule has 1 fully saturated rings. The van der Waals surface area contributed by atoms with E-state index in [9.17, 15) is 4.79 Å². The second kappa shape index (κ2) is 7.27. The number of methoxy groups -OCH3 is 1. The number of rotatable bonds is 5. The van der Waals surface area contributed by atoms with Crippen LogP contribution in [0.15, 0.2) is 24.3 Å². The second-order valence-corrected chi connectivity index (χ2v) is 6.84. The number of aromatic amines is 1. The van der Waals surface area contributed by atoms with Gasteiger partial charge in [0.2, 0.25) is 5.91 Å². The molecule has 1 aliphatic rings. The lowest BCUT2D eigenvalue weighted by Gasteiger charge is -2.20. The van der Waals surface area contributed by atoms with Crippen LogP contribution in [-0.4, -0.2) is 47.2 Å². The van der Waals surface area contributed by atoms with Crippen molar-refractivity contribution in [2.45, 2.75) is 39.2 Å². The summed E-state index contributed by atoms with van der Waals surface area (Å²) in [5, 5.41) is 10.00. The maximum Gasteiger partial charge on any atom is 0.238 e. The summed E-state index contributed by atoms with van der Waals surface area (Å²) in [5.74, 6) is 1.33. The van der Waals surface area contributed by atoms with E-state index in [1.54, 1.807) is 7.11 Å². The number of amides is 1. The molecule has 1 aliphatic heterocycles. The van der Waals surface area contributed by atoms with Crippen LogP contribution in [0.4, 0.5) is 5.69 Å². The maximum absolute atomic E-state index is 12.4. The third-order valence-corrected chi connectivity index (χ3v) is 5.03. The number of nitrogens with one attached hydrogen (secondary N) is 2. The number of anilines is 1. The fraction of sp³-hybridized carbons (Fsp3) is 0.474. The van der Waals surface area contributed by atoms with Crippen LogP contribution in [0.25, 0.3) is 0 Å². The summed E-state index contributed by atoms with van der Waals surface area (Å²) in [6.07, 6.45) is 1.06. The molecule has 0 aliphatic carbocycles. The van der Waals surface area contributed by atoms with E-state index in [4.69, 9.17) is 4.74 Å². The Kier molecular flexibility index (Phi) is 5.08. The topological polar surface area (TPSA) is 70.2 Å². The van der Waals surface area contributed by atoms with Gasteiger partial charge in [0, 0.05) is 12.6 Å². The van der Waals surface area contributed by atoms with Gasteiger partial charge >= 0.3 is 0 Å². The van der Waals surface area contributed by atoms with Gasteiger partial charge in [-0.25, -0.2) is 0 Å². The minimum absolute atomic E-state index is 0.00910. The van der Waals surface area contributed by atoms with Crippen molar-refractivity contribution in [3.63, 3.8) is 0 Å². The number of nitrogens with zero attached hydrogens (tertiary/aromatic N) is 2. The SMILES string of the molecule is COc1ccc([C@@H]2C[C@@H](C)N(CC(=O)Nc3c(C)n[nH]c3C)C2)cc1. The molecule has 1 aromatic heterocycles. The smallest absolute Gasteiger partial charge is 0.238 e. The molecule has 0 spiro atoms. The number of benzene rings is 1. The van der Waals surface area contributed by atoms with Crippen LogP contribution < -0.4 is 10.1 Å². The first-order valence-corrected chi connectivity index (χ1v) is 8.67. The zero-order valence-electron chi connectivity index (χ0n) is 15.3. The van der Waals surface area contributed by atoms with Gasteiger partial charge < -0.3 is 10.1 Å². The predicted octanol–water partition coefficient (Wildman–Crippen LogP) is 2.85. The van der Waals surface area contributed by atoms with Gasteiger partial charge in [-0.3, -0.25) is 14.8 Å². The van der Waals surface area contributed by atoms with Gasteiger partial charge in [0.1, 0.15) is 5.75 Å². The summed E-state index contributed by atoms with van der Waals surface area (Å²) >= 11 is 0. The predicted molar refractivity (Wildman–Crippen MR) is 98.1 cm³/mol. The Morgan fingerprint density at radius 3 is 2.68 bits per heavy atom. The Morgan fingerprint density at radius 2 is 2.08 bits per heavy atom. The number of aromatic nitrogens is 2. The molecule has 6 heteroatoms. The van der Waals surface area contributed by atoms with Gasteiger partial charge in [-0.1, -0.05) is 12.1 Å². The first-order chi connectivity index (χ1) is 12.0. The lowest BCUT2D eigenvalue weighted by atomic mass is 9.97. The third kappa shape index (κ3) is 3.85. The molecule has 2 atom stereocenters. The zero-order valence-corrected chi connectivity index (χ0v) is 15.3. The summed E-state index contributed by atoms with van der Waals surface area (Å²) in [7, 11) is 1.68. The molecule has 1 amide bonds. The van der Waals surface area contributed by atoms with E-state index in [0.717, 1.165) is 35.8 Å². The van der Waals surface area contributed by atoms with Crippen molar-refractivity contribution >= 4 is 11.6 Å². The minimum Gasteiger partial charge on any atom is -0.497 e. The first kappa shape index (κ1) is 17.5. The van der Waals surface area contributed by atoms with E-state index < -0.39 is 0 Å². The van der Waals surface area contributed by atoms with Gasteiger partial charge in [0.15, 0.2) is 0 Å². The van der Waals surface area contributed by atoms with Gasteiger partial charge in [-0.15, -0.1) is 0 Å². The molecule has 3 rings (SSSR count). The highest BCUT2D eigenvalue weighted by atomic mass is 16.5. The second-order valence-electron chi connectivity index (χ2n) is 6.84. The van der Waals surface area contributed by atoms with Gasteiger partial charge in [0.25, 0.3) is 0 Å². The van der Waals surface area contributed by atoms with E-state index in [2.05, 4.69) is 39.5 Å². The number of likely N-dealkylation sites (tertiary alicyclic amines) is 1. The largest absolute Gasteiger partial charge is 0.497 e. The summed E-state index contributed by atoms with van der Waals surface area (Å²) in [6.45, 7) is 7.28. The van der Waals surface area contributed by atoms with Crippen LogP contribution in [-0.2, 0) is 4.79 Å². The number of aryl methyl sites for hydroxylation is 2. The Morgan fingerprint density at radius 1 is 1.36 bits per heavy atom. The van der Waals surface area contributed by atoms with E-state index >= 15 is 0 Å². The fourth-order valence-electron chi connectivity index (χ4n) is 3.53. The number of carbonyl (C=O) groups is 1. The van der Waals surface area contributed by atoms with E-state index in [-0.39, 0.29) is 5.91 Å². The standard InChI is InChI=1S/C19H26N4O2/c1-12-9-16(15-5-7-17(25-4)8-6-15)10-23(12)11-18(24)20-19-13(2)21-22-14(19)3/h5-8,12,16H,9-11H2,1-4H3,(H,20,24)(H,21,22)/t12-,16-/m1/s1. The number of ether oxygens (including phenoxy) is 1. The summed E-state index contributed by atoms with van der Waals surface area (Å²) in [4.78, 5) is 14.7. The van der Waals surface area contributed by atoms with Crippen LogP contribution in [0, 0.1) is 13.8 Å². The van der Waals surface area contributed by atoms with E-state index in [1.807, 2.05) is 26.0 Å². The van der Waals surface area contributed by atoms with Crippen molar-refractivity contribution in [3.05, 3.63) is 41.2 Å². The highest BCUT2D eigenvalue weighted by Crippen LogP contribution is 2.32. The minimum atomic E-state index is 0.00910. The average Bonchev–Trinajstić information content (AvgIpc) is 3.12. The Labute approximate surface area is 148 Å². The normalized spacial score (nSPS) is 20.6. The summed E-state index contributed by atoms with van der Waals surface area (Å²) in [5.41, 5.74) is 3.80. The van der Waals surface area contributed by atoms with Crippen molar-refractivity contribution in [3.8, 4) is 5.75 Å². The molecule has 6 nitrogen and oxygen atoms in total. The van der Waals surface area contributed by atoms with Crippen LogP contribution in [0.5, 0.6) is 5.75 Å². The molecule has 25 heavy (non-hydrogen) atoms. The molecular formula is C19H26N4O2. The number of hydrogen-bond acceptors (Lipinski definition) is 4. The molecule has 0 saturated carbocycles. The molecule has 2 heterocycles. The van der Waals surface area contributed by atoms with Crippen LogP contribution in [0.2, 0.25) is 0 Å². The molecule has 2 N–H and O–H groups in total. The van der Waals surface area contributed by atoms with Gasteiger partial charge in [-0.2, -0.15) is 5.10 Å². The Hall–Kier alpha value is -2.34. The Balaban J connectivity index is 1.60. The fourth-order valence-corrected chi connectivity index (χ4v) is 3.53. The molecule has 0 radical (unpaired) electrons. The van der Waals surface area contributed by atoms with Crippen LogP contribution in [0.1, 0.15) is 36.2 Å². The number of carbonyl (C=O) groups excluding carboxylic acids is 1. The first-order valence-electron chi connectivity index (χ1n) is 8.67. The quantitative estimate of drug-likeness (QED) is 0.876. The lowest BCUT2D eigenvalue weighted by molar-refractivity contribution is -0.117. The molecule has 1 aromatic carbocycles. The van der Waals surface area contributed by atoms with Crippen molar-refractivity contribution in [2.24, 2.45) is 0 Å². The monoisotopic (exact) mass is 342 g/mol. The highest BCUT2D eigenvalue weighted by Gasteiger charge is 2.31. The molecular weight excluding hydrogens is 316 g/mol. The average molecular weight is 342 g/mol. The van der Waals surface area contributed by atoms with Crippen molar-refractivity contribution in [1.82, 2.24) is 15.1 Å². The van der Waals surface area contributed by atoms with Gasteiger partial charge in [-0.05, 0) is 50.8 Å². The summed E-state index contributed by atoms with van der Waals surface area (Å²) < 4.78 is 5.22. The summed E-state index contributed by atoms with van der Waals surface area (Å²) in [6, 6.07) is 8.62. The van der Waals surface area contributed by atoms with E-state index in [0.29, 0.717) is 18.5 Å². The lowest BCUT2D eigenvalue weighted by Crippen LogP contribution is -2.35. The highest BCUT2D eigenvalue weighted by molar-refractivity contribution is 5.93. The zero-order chi connectivity index (χ0) is 18.0. The molecule has 1 saturated heterocycles. The van der Waals surface area contributed by atoms with Crippen molar-refractivity contribution in [2.75, 3.05) is 25.5 Å². The van der Waals surface area contributed by atoms with Crippen molar-refractivity contribution < 1.29 is 9.53 Å². The molecule has 134 valence electrons. The molecule has 0 unspecified atom stereocenters. The Bertz CT molecular complexity index is 719. The van der Waals surface area contributed by atoms with Crippen LogP contribution >= 0.6 is 0 Å². The number of hydrogen-bond donors (Lipinski definition) is 2. The van der Waals surface area contributed by atoms with Gasteiger partial charge in [0.05, 0.1) is 30.7 Å².